The van der Waals surface area contributed by atoms with Crippen LogP contribution in [0.2, 0.25) is 0 Å². The number of benzene rings is 2. The lowest BCUT2D eigenvalue weighted by Gasteiger charge is -2.42. The Kier molecular flexibility index (Phi) is 4.94. The smallest absolute Gasteiger partial charge is 0.256 e. The van der Waals surface area contributed by atoms with Crippen LogP contribution in [0.15, 0.2) is 54.7 Å². The average Bonchev–Trinajstić information content (AvgIpc) is 3.06. The van der Waals surface area contributed by atoms with E-state index < -0.39 is 5.41 Å². The molecule has 1 N–H and O–H groups in total. The van der Waals surface area contributed by atoms with Gasteiger partial charge in [-0.1, -0.05) is 36.4 Å². The minimum Gasteiger partial charge on any atom is -0.396 e. The van der Waals surface area contributed by atoms with Crippen LogP contribution >= 0.6 is 0 Å². The van der Waals surface area contributed by atoms with Gasteiger partial charge >= 0.3 is 0 Å². The molecule has 1 saturated heterocycles. The van der Waals surface area contributed by atoms with Gasteiger partial charge in [0.15, 0.2) is 0 Å². The molecule has 0 spiro atoms. The van der Waals surface area contributed by atoms with Crippen molar-refractivity contribution in [1.29, 1.82) is 0 Å². The maximum Gasteiger partial charge on any atom is 0.256 e. The normalized spacial score (nSPS) is 19.9. The number of aliphatic hydroxyl groups is 1. The third-order valence-electron chi connectivity index (χ3n) is 5.93. The lowest BCUT2D eigenvalue weighted by Crippen LogP contribution is -2.49. The van der Waals surface area contributed by atoms with Crippen molar-refractivity contribution in [3.63, 3.8) is 0 Å². The molecular formula is C23H25FN2O2. The summed E-state index contributed by atoms with van der Waals surface area (Å²) in [6.45, 7) is 1.02. The molecule has 3 aromatic rings. The number of amides is 1. The number of likely N-dealkylation sites (tertiary alicyclic amines) is 1. The molecule has 0 radical (unpaired) electrons. The third kappa shape index (κ3) is 3.31. The number of carbonyl (C=O) groups excluding carboxylic acids is 1. The molecule has 5 heteroatoms. The van der Waals surface area contributed by atoms with Gasteiger partial charge in [0.1, 0.15) is 5.82 Å². The van der Waals surface area contributed by atoms with Crippen LogP contribution < -0.4 is 0 Å². The molecule has 0 bridgehead atoms. The number of rotatable bonds is 4. The molecule has 2 aromatic carbocycles. The van der Waals surface area contributed by atoms with E-state index in [4.69, 9.17) is 0 Å². The molecule has 1 aliphatic rings. The second-order valence-electron chi connectivity index (χ2n) is 7.93. The lowest BCUT2D eigenvalue weighted by molar-refractivity contribution is 0.0269. The van der Waals surface area contributed by atoms with Crippen LogP contribution in [0, 0.1) is 11.2 Å². The van der Waals surface area contributed by atoms with E-state index in [-0.39, 0.29) is 18.3 Å². The summed E-state index contributed by atoms with van der Waals surface area (Å²) in [6.07, 6.45) is 3.87. The Morgan fingerprint density at radius 3 is 2.71 bits per heavy atom. The van der Waals surface area contributed by atoms with E-state index >= 15 is 0 Å². The predicted molar refractivity (Wildman–Crippen MR) is 108 cm³/mol. The summed E-state index contributed by atoms with van der Waals surface area (Å²) in [7, 11) is 1.94. The Morgan fingerprint density at radius 1 is 1.18 bits per heavy atom. The van der Waals surface area contributed by atoms with Crippen molar-refractivity contribution in [2.45, 2.75) is 19.3 Å². The van der Waals surface area contributed by atoms with Gasteiger partial charge in [0.25, 0.3) is 5.91 Å². The molecule has 1 aromatic heterocycles. The van der Waals surface area contributed by atoms with Crippen molar-refractivity contribution in [3.8, 4) is 0 Å². The monoisotopic (exact) mass is 380 g/mol. The number of carbonyl (C=O) groups is 1. The summed E-state index contributed by atoms with van der Waals surface area (Å²) < 4.78 is 16.1. The first-order valence-corrected chi connectivity index (χ1v) is 9.71. The first-order valence-electron chi connectivity index (χ1n) is 9.71. The van der Waals surface area contributed by atoms with Gasteiger partial charge in [-0.3, -0.25) is 4.79 Å². The highest BCUT2D eigenvalue weighted by Crippen LogP contribution is 2.35. The van der Waals surface area contributed by atoms with Crippen molar-refractivity contribution in [1.82, 2.24) is 9.47 Å². The number of halogens is 1. The average molecular weight is 380 g/mol. The maximum atomic E-state index is 14.2. The first-order chi connectivity index (χ1) is 13.5. The molecule has 0 aliphatic carbocycles. The SMILES string of the molecule is Cn1cc(C(=O)N2CCCC(CO)(Cc3ccccc3F)C2)c2ccccc21. The highest BCUT2D eigenvalue weighted by atomic mass is 19.1. The van der Waals surface area contributed by atoms with Gasteiger partial charge in [0.2, 0.25) is 0 Å². The number of piperidine rings is 1. The largest absolute Gasteiger partial charge is 0.396 e. The number of hydrogen-bond acceptors (Lipinski definition) is 2. The number of aliphatic hydroxyl groups excluding tert-OH is 1. The van der Waals surface area contributed by atoms with E-state index in [0.29, 0.717) is 30.6 Å². The summed E-state index contributed by atoms with van der Waals surface area (Å²) in [5, 5.41) is 11.1. The minimum absolute atomic E-state index is 0.0251. The molecule has 1 atom stereocenters. The Labute approximate surface area is 164 Å². The number of nitrogens with zero attached hydrogens (tertiary/aromatic N) is 2. The van der Waals surface area contributed by atoms with Crippen LogP contribution in [0.3, 0.4) is 0 Å². The number of aromatic nitrogens is 1. The van der Waals surface area contributed by atoms with Crippen molar-refractivity contribution >= 4 is 16.8 Å². The molecule has 28 heavy (non-hydrogen) atoms. The summed E-state index contributed by atoms with van der Waals surface area (Å²) >= 11 is 0. The zero-order valence-corrected chi connectivity index (χ0v) is 16.1. The molecular weight excluding hydrogens is 355 g/mol. The van der Waals surface area contributed by atoms with Gasteiger partial charge in [0, 0.05) is 42.7 Å². The molecule has 1 aliphatic heterocycles. The topological polar surface area (TPSA) is 45.5 Å². The Balaban J connectivity index is 1.62. The molecule has 0 saturated carbocycles. The summed E-state index contributed by atoms with van der Waals surface area (Å²) in [4.78, 5) is 15.1. The zero-order chi connectivity index (χ0) is 19.7. The molecule has 4 nitrogen and oxygen atoms in total. The molecule has 1 amide bonds. The molecule has 1 unspecified atom stereocenters. The van der Waals surface area contributed by atoms with E-state index in [1.807, 2.05) is 53.0 Å². The summed E-state index contributed by atoms with van der Waals surface area (Å²) in [5.41, 5.74) is 1.78. The number of aryl methyl sites for hydroxylation is 1. The van der Waals surface area contributed by atoms with Crippen molar-refractivity contribution < 1.29 is 14.3 Å². The van der Waals surface area contributed by atoms with E-state index in [1.165, 1.54) is 6.07 Å². The van der Waals surface area contributed by atoms with Gasteiger partial charge < -0.3 is 14.6 Å². The quantitative estimate of drug-likeness (QED) is 0.749. The fourth-order valence-corrected chi connectivity index (χ4v) is 4.44. The van der Waals surface area contributed by atoms with E-state index in [0.717, 1.165) is 23.7 Å². The van der Waals surface area contributed by atoms with Crippen LogP contribution in [-0.2, 0) is 13.5 Å². The van der Waals surface area contributed by atoms with Gasteiger partial charge in [-0.05, 0) is 37.0 Å². The third-order valence-corrected chi connectivity index (χ3v) is 5.93. The first kappa shape index (κ1) is 18.7. The van der Waals surface area contributed by atoms with Crippen LogP contribution in [0.1, 0.15) is 28.8 Å². The molecule has 4 rings (SSSR count). The number of fused-ring (bicyclic) bond motifs is 1. The Hall–Kier alpha value is -2.66. The Morgan fingerprint density at radius 2 is 1.93 bits per heavy atom. The van der Waals surface area contributed by atoms with Gasteiger partial charge in [-0.15, -0.1) is 0 Å². The van der Waals surface area contributed by atoms with Crippen LogP contribution in [-0.4, -0.2) is 40.2 Å². The van der Waals surface area contributed by atoms with E-state index in [1.54, 1.807) is 12.1 Å². The van der Waals surface area contributed by atoms with E-state index in [9.17, 15) is 14.3 Å². The molecule has 2 heterocycles. The van der Waals surface area contributed by atoms with Gasteiger partial charge in [0.05, 0.1) is 12.2 Å². The van der Waals surface area contributed by atoms with Gasteiger partial charge in [-0.25, -0.2) is 4.39 Å². The van der Waals surface area contributed by atoms with Crippen LogP contribution in [0.4, 0.5) is 4.39 Å². The molecule has 146 valence electrons. The fourth-order valence-electron chi connectivity index (χ4n) is 4.44. The van der Waals surface area contributed by atoms with Crippen molar-refractivity contribution in [2.24, 2.45) is 12.5 Å². The highest BCUT2D eigenvalue weighted by molar-refractivity contribution is 6.07. The molecule has 1 fully saturated rings. The fraction of sp³-hybridized carbons (Fsp3) is 0.348. The number of para-hydroxylation sites is 1. The predicted octanol–water partition coefficient (Wildman–Crippen LogP) is 3.77. The number of hydrogen-bond donors (Lipinski definition) is 1. The standard InChI is InChI=1S/C23H25FN2O2/c1-25-14-19(18-8-3-5-10-21(18)25)22(28)26-12-6-11-23(15-26,16-27)13-17-7-2-4-9-20(17)24/h2-5,7-10,14,27H,6,11-13,15-16H2,1H3. The lowest BCUT2D eigenvalue weighted by atomic mass is 9.75. The highest BCUT2D eigenvalue weighted by Gasteiger charge is 2.38. The zero-order valence-electron chi connectivity index (χ0n) is 16.1. The second-order valence-corrected chi connectivity index (χ2v) is 7.93. The van der Waals surface area contributed by atoms with E-state index in [2.05, 4.69) is 0 Å². The van der Waals surface area contributed by atoms with Crippen molar-refractivity contribution in [2.75, 3.05) is 19.7 Å². The summed E-state index contributed by atoms with van der Waals surface area (Å²) in [6, 6.07) is 14.5. The van der Waals surface area contributed by atoms with Crippen LogP contribution in [0.5, 0.6) is 0 Å². The second kappa shape index (κ2) is 7.40. The van der Waals surface area contributed by atoms with Crippen LogP contribution in [0.25, 0.3) is 10.9 Å². The maximum absolute atomic E-state index is 14.2. The summed E-state index contributed by atoms with van der Waals surface area (Å²) in [5.74, 6) is -0.282. The van der Waals surface area contributed by atoms with Gasteiger partial charge in [-0.2, -0.15) is 0 Å². The minimum atomic E-state index is -0.513. The Bertz CT molecular complexity index is 1010. The van der Waals surface area contributed by atoms with Crippen molar-refractivity contribution in [3.05, 3.63) is 71.7 Å².